The van der Waals surface area contributed by atoms with Gasteiger partial charge in [0.15, 0.2) is 11.5 Å². The molecule has 0 aliphatic heterocycles. The van der Waals surface area contributed by atoms with Gasteiger partial charge in [-0.2, -0.15) is 0 Å². The summed E-state index contributed by atoms with van der Waals surface area (Å²) in [4.78, 5) is 34.7. The minimum Gasteiger partial charge on any atom is -0.382 e. The maximum Gasteiger partial charge on any atom is 0.274 e. The van der Waals surface area contributed by atoms with Gasteiger partial charge in [0.25, 0.3) is 5.91 Å². The van der Waals surface area contributed by atoms with Crippen LogP contribution in [0.25, 0.3) is 22.5 Å². The van der Waals surface area contributed by atoms with Crippen LogP contribution in [0.5, 0.6) is 0 Å². The molecule has 160 valence electrons. The Morgan fingerprint density at radius 3 is 2.34 bits per heavy atom. The lowest BCUT2D eigenvalue weighted by molar-refractivity contribution is 0.0934. The predicted molar refractivity (Wildman–Crippen MR) is 123 cm³/mol. The molecule has 1 amide bonds. The fourth-order valence-corrected chi connectivity index (χ4v) is 3.49. The van der Waals surface area contributed by atoms with Crippen molar-refractivity contribution in [3.63, 3.8) is 0 Å². The molecule has 3 N–H and O–H groups in total. The third-order valence-corrected chi connectivity index (χ3v) is 4.89. The monoisotopic (exact) mass is 445 g/mol. The van der Waals surface area contributed by atoms with E-state index in [9.17, 15) is 4.79 Å². The van der Waals surface area contributed by atoms with E-state index in [1.54, 1.807) is 31.5 Å². The molecule has 0 spiro atoms. The van der Waals surface area contributed by atoms with Gasteiger partial charge in [0, 0.05) is 29.2 Å². The Morgan fingerprint density at radius 2 is 1.66 bits per heavy atom. The molecule has 3 aromatic heterocycles. The molecule has 0 aliphatic rings. The van der Waals surface area contributed by atoms with E-state index < -0.39 is 11.9 Å². The number of nitrogens with one attached hydrogen (secondary N) is 1. The van der Waals surface area contributed by atoms with Crippen molar-refractivity contribution in [2.24, 2.45) is 0 Å². The number of benzene rings is 1. The number of halogens is 1. The third-order valence-electron chi connectivity index (χ3n) is 4.70. The first-order valence-electron chi connectivity index (χ1n) is 9.87. The van der Waals surface area contributed by atoms with Crippen molar-refractivity contribution in [1.82, 2.24) is 30.2 Å². The molecular weight excluding hydrogens is 426 g/mol. The van der Waals surface area contributed by atoms with Gasteiger partial charge in [-0.25, -0.2) is 24.9 Å². The minimum absolute atomic E-state index is 0.00745. The number of pyridine rings is 1. The second kappa shape index (κ2) is 9.07. The largest absolute Gasteiger partial charge is 0.382 e. The Morgan fingerprint density at radius 1 is 0.969 bits per heavy atom. The highest BCUT2D eigenvalue weighted by Crippen LogP contribution is 2.32. The van der Waals surface area contributed by atoms with Gasteiger partial charge in [-0.3, -0.25) is 4.79 Å². The molecule has 0 saturated heterocycles. The SMILES string of the molecule is Cc1cc(-c2nc(C(=O)NC(C)c3ncccn3)c(N)nc2-c2ccccc2)cc(Cl)n1. The van der Waals surface area contributed by atoms with Gasteiger partial charge in [-0.1, -0.05) is 41.9 Å². The molecule has 1 atom stereocenters. The van der Waals surface area contributed by atoms with Crippen molar-refractivity contribution in [3.05, 3.63) is 83.3 Å². The Kier molecular flexibility index (Phi) is 6.04. The van der Waals surface area contributed by atoms with Crippen LogP contribution in [-0.2, 0) is 0 Å². The summed E-state index contributed by atoms with van der Waals surface area (Å²) in [5.74, 6) is 0.0147. The molecule has 32 heavy (non-hydrogen) atoms. The van der Waals surface area contributed by atoms with Crippen molar-refractivity contribution in [1.29, 1.82) is 0 Å². The molecule has 0 saturated carbocycles. The number of nitrogens with zero attached hydrogens (tertiary/aromatic N) is 5. The normalized spacial score (nSPS) is 11.7. The summed E-state index contributed by atoms with van der Waals surface area (Å²) in [6, 6.07) is 14.3. The number of nitrogens with two attached hydrogens (primary N) is 1. The Bertz CT molecular complexity index is 1250. The van der Waals surface area contributed by atoms with Gasteiger partial charge in [0.05, 0.1) is 17.4 Å². The van der Waals surface area contributed by atoms with E-state index in [-0.39, 0.29) is 11.5 Å². The van der Waals surface area contributed by atoms with Crippen LogP contribution >= 0.6 is 11.6 Å². The number of anilines is 1. The summed E-state index contributed by atoms with van der Waals surface area (Å²) >= 11 is 6.19. The number of carbonyl (C=O) groups is 1. The van der Waals surface area contributed by atoms with Crippen LogP contribution in [-0.4, -0.2) is 30.8 Å². The summed E-state index contributed by atoms with van der Waals surface area (Å²) in [7, 11) is 0. The molecule has 1 unspecified atom stereocenters. The summed E-state index contributed by atoms with van der Waals surface area (Å²) < 4.78 is 0. The smallest absolute Gasteiger partial charge is 0.274 e. The summed E-state index contributed by atoms with van der Waals surface area (Å²) in [6.45, 7) is 3.61. The standard InChI is InChI=1S/C23H20ClN7O/c1-13-11-16(12-17(24)28-13)19-18(15-7-4-3-5-8-15)31-21(25)20(30-19)23(32)29-14(2)22-26-9-6-10-27-22/h3-12,14H,1-2H3,(H2,25,31)(H,29,32). The van der Waals surface area contributed by atoms with Gasteiger partial charge in [0.1, 0.15) is 11.0 Å². The van der Waals surface area contributed by atoms with Gasteiger partial charge in [-0.05, 0) is 32.0 Å². The molecule has 0 aliphatic carbocycles. The maximum atomic E-state index is 13.0. The molecule has 4 rings (SSSR count). The Labute approximate surface area is 190 Å². The first-order chi connectivity index (χ1) is 15.4. The summed E-state index contributed by atoms with van der Waals surface area (Å²) in [5, 5.41) is 3.15. The van der Waals surface area contributed by atoms with Crippen molar-refractivity contribution >= 4 is 23.3 Å². The van der Waals surface area contributed by atoms with Crippen LogP contribution in [0.4, 0.5) is 5.82 Å². The lowest BCUT2D eigenvalue weighted by Crippen LogP contribution is -2.29. The fourth-order valence-electron chi connectivity index (χ4n) is 3.24. The number of amides is 1. The van der Waals surface area contributed by atoms with Gasteiger partial charge < -0.3 is 11.1 Å². The van der Waals surface area contributed by atoms with Crippen molar-refractivity contribution in [3.8, 4) is 22.5 Å². The molecule has 9 heteroatoms. The van der Waals surface area contributed by atoms with Crippen molar-refractivity contribution < 1.29 is 4.79 Å². The van der Waals surface area contributed by atoms with Crippen molar-refractivity contribution in [2.75, 3.05) is 5.73 Å². The number of rotatable bonds is 5. The van der Waals surface area contributed by atoms with Crippen LogP contribution in [0.15, 0.2) is 60.9 Å². The van der Waals surface area contributed by atoms with Crippen molar-refractivity contribution in [2.45, 2.75) is 19.9 Å². The molecule has 0 radical (unpaired) electrons. The van der Waals surface area contributed by atoms with E-state index in [0.717, 1.165) is 5.56 Å². The number of hydrogen-bond acceptors (Lipinski definition) is 7. The maximum absolute atomic E-state index is 13.0. The van der Waals surface area contributed by atoms with Crippen LogP contribution in [0.1, 0.15) is 35.0 Å². The van der Waals surface area contributed by atoms with Gasteiger partial charge in [0.2, 0.25) is 0 Å². The molecule has 1 aromatic carbocycles. The summed E-state index contributed by atoms with van der Waals surface area (Å²) in [6.07, 6.45) is 3.23. The average Bonchev–Trinajstić information content (AvgIpc) is 2.79. The lowest BCUT2D eigenvalue weighted by Gasteiger charge is -2.15. The zero-order chi connectivity index (χ0) is 22.7. The van der Waals surface area contributed by atoms with E-state index in [1.165, 1.54) is 0 Å². The first-order valence-corrected chi connectivity index (χ1v) is 10.3. The van der Waals surface area contributed by atoms with Crippen LogP contribution in [0, 0.1) is 6.92 Å². The number of nitrogen functional groups attached to an aromatic ring is 1. The number of hydrogen-bond donors (Lipinski definition) is 2. The van der Waals surface area contributed by atoms with Gasteiger partial charge >= 0.3 is 0 Å². The second-order valence-corrected chi connectivity index (χ2v) is 7.53. The van der Waals surface area contributed by atoms with E-state index in [0.29, 0.717) is 33.6 Å². The van der Waals surface area contributed by atoms with E-state index in [2.05, 4.69) is 30.2 Å². The van der Waals surface area contributed by atoms with Crippen LogP contribution in [0.2, 0.25) is 5.15 Å². The highest BCUT2D eigenvalue weighted by molar-refractivity contribution is 6.29. The van der Waals surface area contributed by atoms with Crippen LogP contribution < -0.4 is 11.1 Å². The molecule has 3 heterocycles. The number of aryl methyl sites for hydroxylation is 1. The number of aromatic nitrogens is 5. The number of carbonyl (C=O) groups excluding carboxylic acids is 1. The zero-order valence-corrected chi connectivity index (χ0v) is 18.2. The van der Waals surface area contributed by atoms with E-state index in [4.69, 9.17) is 17.3 Å². The van der Waals surface area contributed by atoms with E-state index >= 15 is 0 Å². The summed E-state index contributed by atoms with van der Waals surface area (Å²) in [5.41, 5.74) is 9.41. The second-order valence-electron chi connectivity index (χ2n) is 7.14. The Balaban J connectivity index is 1.80. The van der Waals surface area contributed by atoms with E-state index in [1.807, 2.05) is 43.3 Å². The quantitative estimate of drug-likeness (QED) is 0.445. The predicted octanol–water partition coefficient (Wildman–Crippen LogP) is 4.03. The van der Waals surface area contributed by atoms with Crippen LogP contribution in [0.3, 0.4) is 0 Å². The lowest BCUT2D eigenvalue weighted by atomic mass is 10.0. The molecule has 8 nitrogen and oxygen atoms in total. The fraction of sp³-hybridized carbons (Fsp3) is 0.130. The average molecular weight is 446 g/mol. The zero-order valence-electron chi connectivity index (χ0n) is 17.5. The first kappa shape index (κ1) is 21.3. The minimum atomic E-state index is -0.479. The highest BCUT2D eigenvalue weighted by Gasteiger charge is 2.22. The molecule has 4 aromatic rings. The molecular formula is C23H20ClN7O. The third kappa shape index (κ3) is 4.55. The topological polar surface area (TPSA) is 120 Å². The molecule has 0 fully saturated rings. The molecule has 0 bridgehead atoms. The highest BCUT2D eigenvalue weighted by atomic mass is 35.5. The van der Waals surface area contributed by atoms with Gasteiger partial charge in [-0.15, -0.1) is 0 Å². The Hall–Kier alpha value is -3.91.